The molecule has 0 radical (unpaired) electrons. The first-order valence-corrected chi connectivity index (χ1v) is 14.7. The first-order valence-electron chi connectivity index (χ1n) is 13.0. The predicted molar refractivity (Wildman–Crippen MR) is 161 cm³/mol. The van der Waals surface area contributed by atoms with E-state index >= 15 is 0 Å². The minimum Gasteiger partial charge on any atom is -0.463 e. The fourth-order valence-electron chi connectivity index (χ4n) is 4.95. The number of thiazole rings is 1. The molecule has 1 aliphatic heterocycles. The summed E-state index contributed by atoms with van der Waals surface area (Å²) in [5, 5.41) is 13.3. The van der Waals surface area contributed by atoms with E-state index < -0.39 is 16.9 Å². The quantitative estimate of drug-likeness (QED) is 0.139. The largest absolute Gasteiger partial charge is 0.463 e. The molecule has 0 saturated carbocycles. The van der Waals surface area contributed by atoms with Crippen molar-refractivity contribution < 1.29 is 18.9 Å². The molecule has 6 rings (SSSR count). The Bertz CT molecular complexity index is 2040. The number of benzene rings is 2. The number of fused-ring (bicyclic) bond motifs is 1. The summed E-state index contributed by atoms with van der Waals surface area (Å²) in [6.07, 6.45) is 1.63. The number of nitrogens with zero attached hydrogens (tertiary/aromatic N) is 3. The van der Waals surface area contributed by atoms with Crippen LogP contribution in [0.1, 0.15) is 34.7 Å². The third-order valence-corrected chi connectivity index (χ3v) is 8.76. The molecule has 0 aliphatic carbocycles. The Labute approximate surface area is 247 Å². The second kappa shape index (κ2) is 11.2. The van der Waals surface area contributed by atoms with Crippen LogP contribution in [0.4, 0.5) is 5.69 Å². The highest BCUT2D eigenvalue weighted by molar-refractivity contribution is 7.10. The van der Waals surface area contributed by atoms with Crippen LogP contribution in [-0.2, 0) is 9.53 Å². The molecule has 0 N–H and O–H groups in total. The van der Waals surface area contributed by atoms with Crippen molar-refractivity contribution in [2.45, 2.75) is 19.9 Å². The lowest BCUT2D eigenvalue weighted by Crippen LogP contribution is -2.39. The second-order valence-corrected chi connectivity index (χ2v) is 11.3. The van der Waals surface area contributed by atoms with Crippen molar-refractivity contribution in [2.75, 3.05) is 6.61 Å². The number of carbonyl (C=O) groups excluding carboxylic acids is 1. The molecule has 0 saturated heterocycles. The molecular weight excluding hydrogens is 574 g/mol. The SMILES string of the molecule is CCOC(=O)C1=C(c2ccccc2)N=c2s/c(=C\c3ccc(-c4cccc([N+](=O)[O-])c4C)o3)c(=O)n2[C@H]1c1cccs1. The van der Waals surface area contributed by atoms with Crippen LogP contribution in [0.15, 0.2) is 98.0 Å². The number of rotatable bonds is 7. The van der Waals surface area contributed by atoms with Gasteiger partial charge in [-0.3, -0.25) is 19.5 Å². The van der Waals surface area contributed by atoms with Crippen LogP contribution in [0.3, 0.4) is 0 Å². The number of aromatic nitrogens is 1. The summed E-state index contributed by atoms with van der Waals surface area (Å²) >= 11 is 2.64. The van der Waals surface area contributed by atoms with Gasteiger partial charge in [-0.2, -0.15) is 0 Å². The van der Waals surface area contributed by atoms with E-state index in [1.807, 2.05) is 47.8 Å². The lowest BCUT2D eigenvalue weighted by atomic mass is 9.97. The molecule has 2 aromatic carbocycles. The van der Waals surface area contributed by atoms with Gasteiger partial charge in [0, 0.05) is 33.7 Å². The van der Waals surface area contributed by atoms with Crippen LogP contribution in [0.5, 0.6) is 0 Å². The fourth-order valence-corrected chi connectivity index (χ4v) is 6.75. The van der Waals surface area contributed by atoms with Gasteiger partial charge in [0.1, 0.15) is 17.6 Å². The first kappa shape index (κ1) is 27.3. The van der Waals surface area contributed by atoms with Crippen LogP contribution >= 0.6 is 22.7 Å². The normalized spacial score (nSPS) is 14.9. The van der Waals surface area contributed by atoms with E-state index in [1.165, 1.54) is 33.3 Å². The third kappa shape index (κ3) is 4.82. The lowest BCUT2D eigenvalue weighted by molar-refractivity contribution is -0.385. The Kier molecular flexibility index (Phi) is 7.27. The highest BCUT2D eigenvalue weighted by atomic mass is 32.1. The van der Waals surface area contributed by atoms with Crippen molar-refractivity contribution in [1.82, 2.24) is 4.57 Å². The summed E-state index contributed by atoms with van der Waals surface area (Å²) in [6.45, 7) is 3.59. The first-order chi connectivity index (χ1) is 20.4. The van der Waals surface area contributed by atoms with Gasteiger partial charge in [-0.05, 0) is 37.4 Å². The predicted octanol–water partition coefficient (Wildman–Crippen LogP) is 5.47. The molecule has 4 heterocycles. The van der Waals surface area contributed by atoms with E-state index in [-0.39, 0.29) is 17.9 Å². The number of hydrogen-bond acceptors (Lipinski definition) is 9. The van der Waals surface area contributed by atoms with Gasteiger partial charge >= 0.3 is 5.97 Å². The van der Waals surface area contributed by atoms with E-state index in [9.17, 15) is 19.7 Å². The molecule has 0 bridgehead atoms. The zero-order chi connectivity index (χ0) is 29.4. The molecule has 3 aromatic heterocycles. The van der Waals surface area contributed by atoms with E-state index in [4.69, 9.17) is 14.1 Å². The molecule has 0 unspecified atom stereocenters. The van der Waals surface area contributed by atoms with E-state index in [1.54, 1.807) is 44.2 Å². The highest BCUT2D eigenvalue weighted by Gasteiger charge is 2.35. The summed E-state index contributed by atoms with van der Waals surface area (Å²) in [6, 6.07) is 20.6. The van der Waals surface area contributed by atoms with Gasteiger partial charge in [0.15, 0.2) is 4.80 Å². The molecule has 1 aliphatic rings. The Balaban J connectivity index is 1.52. The van der Waals surface area contributed by atoms with Crippen LogP contribution < -0.4 is 14.9 Å². The Morgan fingerprint density at radius 2 is 1.93 bits per heavy atom. The number of nitro benzene ring substituents is 1. The summed E-state index contributed by atoms with van der Waals surface area (Å²) in [4.78, 5) is 44.4. The van der Waals surface area contributed by atoms with Crippen LogP contribution in [0.2, 0.25) is 0 Å². The van der Waals surface area contributed by atoms with Gasteiger partial charge in [0.25, 0.3) is 11.2 Å². The minimum absolute atomic E-state index is 0.000962. The van der Waals surface area contributed by atoms with Crippen molar-refractivity contribution in [1.29, 1.82) is 0 Å². The van der Waals surface area contributed by atoms with Crippen LogP contribution in [-0.4, -0.2) is 22.1 Å². The van der Waals surface area contributed by atoms with Crippen molar-refractivity contribution in [3.63, 3.8) is 0 Å². The average molecular weight is 598 g/mol. The van der Waals surface area contributed by atoms with Crippen molar-refractivity contribution in [3.05, 3.63) is 135 Å². The summed E-state index contributed by atoms with van der Waals surface area (Å²) < 4.78 is 13.4. The molecule has 11 heteroatoms. The number of hydrogen-bond donors (Lipinski definition) is 0. The molecule has 210 valence electrons. The molecule has 0 amide bonds. The second-order valence-electron chi connectivity index (χ2n) is 9.36. The van der Waals surface area contributed by atoms with Gasteiger partial charge in [-0.15, -0.1) is 11.3 Å². The lowest BCUT2D eigenvalue weighted by Gasteiger charge is -2.24. The Hall–Kier alpha value is -4.87. The zero-order valence-corrected chi connectivity index (χ0v) is 24.1. The van der Waals surface area contributed by atoms with Crippen molar-refractivity contribution in [2.24, 2.45) is 4.99 Å². The van der Waals surface area contributed by atoms with Gasteiger partial charge in [0.2, 0.25) is 0 Å². The van der Waals surface area contributed by atoms with Crippen molar-refractivity contribution >= 4 is 46.1 Å². The highest BCUT2D eigenvalue weighted by Crippen LogP contribution is 2.37. The van der Waals surface area contributed by atoms with E-state index in [0.717, 1.165) is 10.4 Å². The average Bonchev–Trinajstić information content (AvgIpc) is 3.75. The number of ether oxygens (including phenoxy) is 1. The molecule has 0 fully saturated rings. The topological polar surface area (TPSA) is 117 Å². The third-order valence-electron chi connectivity index (χ3n) is 6.85. The van der Waals surface area contributed by atoms with Gasteiger partial charge in [-0.1, -0.05) is 59.9 Å². The molecule has 1 atom stereocenters. The monoisotopic (exact) mass is 597 g/mol. The van der Waals surface area contributed by atoms with E-state index in [2.05, 4.69) is 0 Å². The van der Waals surface area contributed by atoms with E-state index in [0.29, 0.717) is 43.3 Å². The summed E-state index contributed by atoms with van der Waals surface area (Å²) in [5.74, 6) is 0.320. The molecule has 42 heavy (non-hydrogen) atoms. The number of esters is 1. The van der Waals surface area contributed by atoms with Gasteiger partial charge in [0.05, 0.1) is 27.3 Å². The number of carbonyl (C=O) groups is 1. The maximum Gasteiger partial charge on any atom is 0.338 e. The smallest absolute Gasteiger partial charge is 0.338 e. The number of thiophene rings is 1. The summed E-state index contributed by atoms with van der Waals surface area (Å²) in [5.41, 5.74) is 2.25. The fraction of sp³-hybridized carbons (Fsp3) is 0.129. The Morgan fingerprint density at radius 3 is 2.64 bits per heavy atom. The molecule has 0 spiro atoms. The summed E-state index contributed by atoms with van der Waals surface area (Å²) in [7, 11) is 0. The van der Waals surface area contributed by atoms with Crippen LogP contribution in [0.25, 0.3) is 23.1 Å². The maximum absolute atomic E-state index is 13.9. The molecular formula is C31H23N3O6S2. The van der Waals surface area contributed by atoms with Crippen molar-refractivity contribution in [3.8, 4) is 11.3 Å². The van der Waals surface area contributed by atoms with Gasteiger partial charge in [-0.25, -0.2) is 9.79 Å². The minimum atomic E-state index is -0.725. The van der Waals surface area contributed by atoms with Crippen LogP contribution in [0, 0.1) is 17.0 Å². The maximum atomic E-state index is 13.9. The Morgan fingerprint density at radius 1 is 1.12 bits per heavy atom. The van der Waals surface area contributed by atoms with Gasteiger partial charge < -0.3 is 9.15 Å². The number of nitro groups is 1. The number of furan rings is 1. The standard InChI is InChI=1S/C31H23N3O6S2/c1-3-39-30(36)26-27(19-9-5-4-6-10-19)32-31-33(28(26)24-13-8-16-41-24)29(35)25(42-31)17-20-14-15-23(40-20)21-11-7-12-22(18(21)2)34(37)38/h4-17,28H,3H2,1-2H3/b25-17-/t28-/m0/s1. The molecule has 5 aromatic rings. The zero-order valence-electron chi connectivity index (χ0n) is 22.5. The molecule has 9 nitrogen and oxygen atoms in total.